The van der Waals surface area contributed by atoms with E-state index in [1.807, 2.05) is 12.1 Å². The summed E-state index contributed by atoms with van der Waals surface area (Å²) in [6, 6.07) is 7.27. The topological polar surface area (TPSA) is 98.0 Å². The fourth-order valence-corrected chi connectivity index (χ4v) is 2.40. The number of ether oxygens (including phenoxy) is 2. The van der Waals surface area contributed by atoms with Gasteiger partial charge in [0.25, 0.3) is 0 Å². The van der Waals surface area contributed by atoms with E-state index in [0.717, 1.165) is 17.0 Å². The Morgan fingerprint density at radius 2 is 1.93 bits per heavy atom. The van der Waals surface area contributed by atoms with Gasteiger partial charge in [-0.15, -0.1) is 24.0 Å². The van der Waals surface area contributed by atoms with Crippen LogP contribution in [0, 0.1) is 0 Å². The molecule has 9 heteroatoms. The predicted octanol–water partition coefficient (Wildman–Crippen LogP) is 3.08. The van der Waals surface area contributed by atoms with Crippen LogP contribution in [-0.4, -0.2) is 38.4 Å². The lowest BCUT2D eigenvalue weighted by molar-refractivity contribution is 0.0597. The molecule has 1 aromatic carbocycles. The number of esters is 1. The molecule has 0 aliphatic heterocycles. The first-order chi connectivity index (χ1) is 13.0. The minimum atomic E-state index is -0.442. The van der Waals surface area contributed by atoms with Gasteiger partial charge in [0.1, 0.15) is 11.3 Å². The average Bonchev–Trinajstić information content (AvgIpc) is 3.16. The second-order valence-electron chi connectivity index (χ2n) is 6.18. The van der Waals surface area contributed by atoms with E-state index in [-0.39, 0.29) is 24.0 Å². The number of carbonyl (C=O) groups is 1. The van der Waals surface area contributed by atoms with Crippen LogP contribution in [0.2, 0.25) is 0 Å². The number of aliphatic imine (C=N–C) groups is 1. The van der Waals surface area contributed by atoms with Crippen molar-refractivity contribution in [2.24, 2.45) is 4.99 Å². The van der Waals surface area contributed by atoms with Crippen molar-refractivity contribution in [2.75, 3.05) is 21.3 Å². The number of rotatable bonds is 7. The molecule has 0 amide bonds. The third kappa shape index (κ3) is 6.39. The summed E-state index contributed by atoms with van der Waals surface area (Å²) in [5.41, 5.74) is 2.19. The molecule has 2 rings (SSSR count). The molecule has 2 aromatic rings. The number of nitrogens with one attached hydrogen (secondary N) is 2. The number of halogens is 1. The number of nitrogens with zero attached hydrogens (tertiary/aromatic N) is 2. The minimum Gasteiger partial charge on any atom is -0.496 e. The van der Waals surface area contributed by atoms with Gasteiger partial charge in [0.15, 0.2) is 11.7 Å². The van der Waals surface area contributed by atoms with Crippen LogP contribution < -0.4 is 15.4 Å². The van der Waals surface area contributed by atoms with Crippen LogP contribution in [0.3, 0.4) is 0 Å². The molecule has 0 radical (unpaired) electrons. The van der Waals surface area contributed by atoms with Crippen LogP contribution in [0.25, 0.3) is 0 Å². The molecule has 0 saturated carbocycles. The molecule has 28 heavy (non-hydrogen) atoms. The molecule has 154 valence electrons. The molecule has 0 atom stereocenters. The minimum absolute atomic E-state index is 0. The molecule has 8 nitrogen and oxygen atoms in total. The van der Waals surface area contributed by atoms with Crippen molar-refractivity contribution in [3.8, 4) is 5.75 Å². The Morgan fingerprint density at radius 1 is 1.21 bits per heavy atom. The van der Waals surface area contributed by atoms with Crippen molar-refractivity contribution in [1.29, 1.82) is 0 Å². The van der Waals surface area contributed by atoms with Gasteiger partial charge in [-0.2, -0.15) is 0 Å². The normalized spacial score (nSPS) is 11.0. The molecule has 0 spiro atoms. The highest BCUT2D eigenvalue weighted by Gasteiger charge is 2.14. The molecule has 0 fully saturated rings. The Balaban J connectivity index is 0.00000392. The molecule has 0 unspecified atom stereocenters. The van der Waals surface area contributed by atoms with Crippen LogP contribution in [0.1, 0.15) is 47.1 Å². The van der Waals surface area contributed by atoms with Crippen molar-refractivity contribution >= 4 is 35.9 Å². The van der Waals surface area contributed by atoms with E-state index in [4.69, 9.17) is 14.0 Å². The molecule has 0 aliphatic rings. The van der Waals surface area contributed by atoms with Gasteiger partial charge in [-0.3, -0.25) is 4.99 Å². The fraction of sp³-hybridized carbons (Fsp3) is 0.421. The SMILES string of the molecule is CN=C(NCc1ccc(OC)c(C(=O)OC)c1)NCc1cc(C(C)C)no1.I. The summed E-state index contributed by atoms with van der Waals surface area (Å²) in [5.74, 6) is 1.69. The average molecular weight is 502 g/mol. The zero-order chi connectivity index (χ0) is 19.8. The van der Waals surface area contributed by atoms with E-state index >= 15 is 0 Å². The smallest absolute Gasteiger partial charge is 0.341 e. The largest absolute Gasteiger partial charge is 0.496 e. The van der Waals surface area contributed by atoms with E-state index in [1.165, 1.54) is 14.2 Å². The fourth-order valence-electron chi connectivity index (χ4n) is 2.40. The lowest BCUT2D eigenvalue weighted by Crippen LogP contribution is -2.36. The zero-order valence-corrected chi connectivity index (χ0v) is 19.1. The number of guanidine groups is 1. The summed E-state index contributed by atoms with van der Waals surface area (Å²) >= 11 is 0. The van der Waals surface area contributed by atoms with Crippen LogP contribution >= 0.6 is 24.0 Å². The lowest BCUT2D eigenvalue weighted by Gasteiger charge is -2.12. The molecule has 1 heterocycles. The maximum Gasteiger partial charge on any atom is 0.341 e. The Morgan fingerprint density at radius 3 is 2.50 bits per heavy atom. The number of hydrogen-bond acceptors (Lipinski definition) is 6. The first kappa shape index (κ1) is 23.7. The second-order valence-corrected chi connectivity index (χ2v) is 6.18. The summed E-state index contributed by atoms with van der Waals surface area (Å²) in [6.45, 7) is 5.07. The Kier molecular flexibility index (Phi) is 9.77. The number of carbonyl (C=O) groups excluding carboxylic acids is 1. The Bertz CT molecular complexity index is 805. The van der Waals surface area contributed by atoms with E-state index < -0.39 is 5.97 Å². The van der Waals surface area contributed by atoms with Gasteiger partial charge in [0.2, 0.25) is 0 Å². The van der Waals surface area contributed by atoms with Crippen molar-refractivity contribution in [2.45, 2.75) is 32.9 Å². The van der Waals surface area contributed by atoms with Crippen molar-refractivity contribution in [3.63, 3.8) is 0 Å². The van der Waals surface area contributed by atoms with Crippen molar-refractivity contribution in [1.82, 2.24) is 15.8 Å². The second kappa shape index (κ2) is 11.5. The van der Waals surface area contributed by atoms with E-state index in [0.29, 0.717) is 36.3 Å². The lowest BCUT2D eigenvalue weighted by atomic mass is 10.1. The number of aromatic nitrogens is 1. The van der Waals surface area contributed by atoms with Crippen LogP contribution in [0.4, 0.5) is 0 Å². The molecular formula is C19H27IN4O4. The summed E-state index contributed by atoms with van der Waals surface area (Å²) in [6.07, 6.45) is 0. The summed E-state index contributed by atoms with van der Waals surface area (Å²) in [5, 5.41) is 10.4. The number of hydrogen-bond donors (Lipinski definition) is 2. The van der Waals surface area contributed by atoms with E-state index in [1.54, 1.807) is 19.2 Å². The maximum atomic E-state index is 11.9. The third-order valence-electron chi connectivity index (χ3n) is 3.95. The van der Waals surface area contributed by atoms with Gasteiger partial charge >= 0.3 is 5.97 Å². The Hall–Kier alpha value is -2.30. The molecule has 1 aromatic heterocycles. The van der Waals surface area contributed by atoms with Gasteiger partial charge in [-0.1, -0.05) is 25.1 Å². The van der Waals surface area contributed by atoms with Gasteiger partial charge in [-0.05, 0) is 23.6 Å². The highest BCUT2D eigenvalue weighted by atomic mass is 127. The van der Waals surface area contributed by atoms with Crippen LogP contribution in [0.5, 0.6) is 5.75 Å². The summed E-state index contributed by atoms with van der Waals surface area (Å²) < 4.78 is 15.3. The highest BCUT2D eigenvalue weighted by Crippen LogP contribution is 2.20. The van der Waals surface area contributed by atoms with Crippen LogP contribution in [-0.2, 0) is 17.8 Å². The third-order valence-corrected chi connectivity index (χ3v) is 3.95. The molecule has 0 saturated heterocycles. The summed E-state index contributed by atoms with van der Waals surface area (Å²) in [7, 11) is 4.54. The predicted molar refractivity (Wildman–Crippen MR) is 117 cm³/mol. The molecule has 0 bridgehead atoms. The van der Waals surface area contributed by atoms with E-state index in [9.17, 15) is 4.79 Å². The Labute approximate surface area is 182 Å². The van der Waals surface area contributed by atoms with Crippen LogP contribution in [0.15, 0.2) is 33.8 Å². The quantitative estimate of drug-likeness (QED) is 0.260. The van der Waals surface area contributed by atoms with Gasteiger partial charge in [0.05, 0.1) is 26.5 Å². The highest BCUT2D eigenvalue weighted by molar-refractivity contribution is 14.0. The number of methoxy groups -OCH3 is 2. The zero-order valence-electron chi connectivity index (χ0n) is 16.7. The maximum absolute atomic E-state index is 11.9. The molecule has 0 aliphatic carbocycles. The van der Waals surface area contributed by atoms with Gasteiger partial charge < -0.3 is 24.6 Å². The first-order valence-electron chi connectivity index (χ1n) is 8.63. The first-order valence-corrected chi connectivity index (χ1v) is 8.63. The molecule has 2 N–H and O–H groups in total. The van der Waals surface area contributed by atoms with Gasteiger partial charge in [-0.25, -0.2) is 4.79 Å². The van der Waals surface area contributed by atoms with Crippen molar-refractivity contribution in [3.05, 3.63) is 46.8 Å². The summed E-state index contributed by atoms with van der Waals surface area (Å²) in [4.78, 5) is 16.1. The van der Waals surface area contributed by atoms with Gasteiger partial charge in [0, 0.05) is 19.7 Å². The number of benzene rings is 1. The standard InChI is InChI=1S/C19H26N4O4.HI/c1-12(2)16-9-14(27-23-16)11-22-19(20-3)21-10-13-6-7-17(25-4)15(8-13)18(24)26-5;/h6-9,12H,10-11H2,1-5H3,(H2,20,21,22);1H. The molecular weight excluding hydrogens is 475 g/mol. The van der Waals surface area contributed by atoms with E-state index in [2.05, 4.69) is 34.6 Å². The monoisotopic (exact) mass is 502 g/mol. The van der Waals surface area contributed by atoms with Crippen molar-refractivity contribution < 1.29 is 18.8 Å².